The molecule has 8 nitrogen and oxygen atoms in total. The van der Waals surface area contributed by atoms with Gasteiger partial charge < -0.3 is 16.4 Å². The van der Waals surface area contributed by atoms with E-state index in [1.165, 1.54) is 0 Å². The van der Waals surface area contributed by atoms with Crippen molar-refractivity contribution < 1.29 is 4.79 Å². The molecule has 0 radical (unpaired) electrons. The Bertz CT molecular complexity index is 942. The topological polar surface area (TPSA) is 122 Å². The van der Waals surface area contributed by atoms with Crippen molar-refractivity contribution in [3.05, 3.63) is 60.2 Å². The number of carbonyl (C=O) groups is 1. The van der Waals surface area contributed by atoms with E-state index in [0.29, 0.717) is 11.4 Å². The summed E-state index contributed by atoms with van der Waals surface area (Å²) in [5.74, 6) is 0.968. The fourth-order valence-electron chi connectivity index (χ4n) is 3.41. The second-order valence-corrected chi connectivity index (χ2v) is 6.65. The SMILES string of the molecule is Cl.Cl.NC(=O)c1cccc(NC2(c3nc(-c4ccncc4)n[nH]3)CCNCC2)c1. The molecular formula is C19H23Cl2N7O. The first-order valence-electron chi connectivity index (χ1n) is 8.88. The summed E-state index contributed by atoms with van der Waals surface area (Å²) in [5, 5.41) is 14.5. The molecule has 1 amide bonds. The Hall–Kier alpha value is -2.68. The zero-order chi connectivity index (χ0) is 18.7. The summed E-state index contributed by atoms with van der Waals surface area (Å²) in [4.78, 5) is 20.3. The number of nitrogens with zero attached hydrogens (tertiary/aromatic N) is 3. The first kappa shape index (κ1) is 22.6. The maximum absolute atomic E-state index is 11.5. The molecule has 0 spiro atoms. The van der Waals surface area contributed by atoms with Crippen molar-refractivity contribution in [2.45, 2.75) is 18.4 Å². The lowest BCUT2D eigenvalue weighted by Gasteiger charge is -2.37. The van der Waals surface area contributed by atoms with Gasteiger partial charge in [-0.15, -0.1) is 24.8 Å². The Labute approximate surface area is 180 Å². The van der Waals surface area contributed by atoms with Crippen LogP contribution in [0.25, 0.3) is 11.4 Å². The number of benzene rings is 1. The number of H-pyrrole nitrogens is 1. The van der Waals surface area contributed by atoms with Crippen LogP contribution in [-0.2, 0) is 5.54 Å². The lowest BCUT2D eigenvalue weighted by molar-refractivity contribution is 0.100. The van der Waals surface area contributed by atoms with Gasteiger partial charge in [0.1, 0.15) is 0 Å². The van der Waals surface area contributed by atoms with E-state index in [-0.39, 0.29) is 24.8 Å². The Morgan fingerprint density at radius 3 is 2.52 bits per heavy atom. The van der Waals surface area contributed by atoms with E-state index in [9.17, 15) is 4.79 Å². The number of aromatic nitrogens is 4. The zero-order valence-electron chi connectivity index (χ0n) is 15.6. The Kier molecular flexibility index (Phi) is 7.55. The van der Waals surface area contributed by atoms with Gasteiger partial charge in [0.05, 0.1) is 5.54 Å². The van der Waals surface area contributed by atoms with Crippen molar-refractivity contribution in [1.29, 1.82) is 0 Å². The van der Waals surface area contributed by atoms with E-state index in [1.807, 2.05) is 24.3 Å². The van der Waals surface area contributed by atoms with Crippen LogP contribution < -0.4 is 16.4 Å². The van der Waals surface area contributed by atoms with Gasteiger partial charge in [0.2, 0.25) is 5.91 Å². The van der Waals surface area contributed by atoms with Crippen LogP contribution in [0.1, 0.15) is 29.0 Å². The smallest absolute Gasteiger partial charge is 0.248 e. The monoisotopic (exact) mass is 435 g/mol. The Morgan fingerprint density at radius 1 is 1.10 bits per heavy atom. The number of piperidine rings is 1. The number of nitrogens with two attached hydrogens (primary N) is 1. The van der Waals surface area contributed by atoms with Gasteiger partial charge in [0.15, 0.2) is 11.6 Å². The first-order valence-corrected chi connectivity index (χ1v) is 8.88. The van der Waals surface area contributed by atoms with Gasteiger partial charge in [-0.2, -0.15) is 5.10 Å². The molecule has 1 aliphatic rings. The van der Waals surface area contributed by atoms with Crippen LogP contribution in [0.5, 0.6) is 0 Å². The van der Waals surface area contributed by atoms with Crippen molar-refractivity contribution in [2.75, 3.05) is 18.4 Å². The average molecular weight is 436 g/mol. The average Bonchev–Trinajstić information content (AvgIpc) is 3.21. The van der Waals surface area contributed by atoms with Gasteiger partial charge in [-0.05, 0) is 56.3 Å². The number of amides is 1. The molecule has 0 bridgehead atoms. The van der Waals surface area contributed by atoms with Crippen molar-refractivity contribution in [1.82, 2.24) is 25.5 Å². The largest absolute Gasteiger partial charge is 0.373 e. The van der Waals surface area contributed by atoms with Crippen molar-refractivity contribution in [3.8, 4) is 11.4 Å². The third kappa shape index (κ3) is 4.84. The number of primary amides is 1. The minimum Gasteiger partial charge on any atom is -0.373 e. The van der Waals surface area contributed by atoms with Crippen LogP contribution in [-0.4, -0.2) is 39.2 Å². The first-order chi connectivity index (χ1) is 13.2. The Balaban J connectivity index is 0.00000150. The molecule has 3 heterocycles. The molecule has 0 atom stereocenters. The third-order valence-electron chi connectivity index (χ3n) is 4.87. The number of hydrogen-bond donors (Lipinski definition) is 4. The molecule has 0 unspecified atom stereocenters. The van der Waals surface area contributed by atoms with E-state index < -0.39 is 11.4 Å². The zero-order valence-corrected chi connectivity index (χ0v) is 17.2. The summed E-state index contributed by atoms with van der Waals surface area (Å²) in [5.41, 5.74) is 7.22. The summed E-state index contributed by atoms with van der Waals surface area (Å²) in [6, 6.07) is 11.0. The highest BCUT2D eigenvalue weighted by Crippen LogP contribution is 2.33. The number of pyridine rings is 1. The van der Waals surface area contributed by atoms with Crippen LogP contribution in [0, 0.1) is 0 Å². The molecule has 1 aliphatic heterocycles. The molecular weight excluding hydrogens is 413 g/mol. The molecule has 4 rings (SSSR count). The van der Waals surface area contributed by atoms with Gasteiger partial charge >= 0.3 is 0 Å². The molecule has 154 valence electrons. The quantitative estimate of drug-likeness (QED) is 0.488. The number of anilines is 1. The molecule has 1 saturated heterocycles. The Morgan fingerprint density at radius 2 is 1.83 bits per heavy atom. The van der Waals surface area contributed by atoms with Crippen LogP contribution in [0.15, 0.2) is 48.8 Å². The second-order valence-electron chi connectivity index (χ2n) is 6.65. The van der Waals surface area contributed by atoms with E-state index in [1.54, 1.807) is 24.5 Å². The van der Waals surface area contributed by atoms with Crippen LogP contribution in [0.2, 0.25) is 0 Å². The van der Waals surface area contributed by atoms with Crippen LogP contribution in [0.4, 0.5) is 5.69 Å². The number of hydrogen-bond acceptors (Lipinski definition) is 6. The fourth-order valence-corrected chi connectivity index (χ4v) is 3.41. The normalized spacial score (nSPS) is 14.9. The van der Waals surface area contributed by atoms with E-state index in [4.69, 9.17) is 10.7 Å². The molecule has 3 aromatic rings. The predicted octanol–water partition coefficient (Wildman–Crippen LogP) is 2.50. The highest BCUT2D eigenvalue weighted by atomic mass is 35.5. The molecule has 2 aromatic heterocycles. The molecule has 5 N–H and O–H groups in total. The summed E-state index contributed by atoms with van der Waals surface area (Å²) in [7, 11) is 0. The summed E-state index contributed by atoms with van der Waals surface area (Å²) >= 11 is 0. The second kappa shape index (κ2) is 9.69. The molecule has 10 heteroatoms. The minimum absolute atomic E-state index is 0. The third-order valence-corrected chi connectivity index (χ3v) is 4.87. The standard InChI is InChI=1S/C19H21N7O.2ClH/c20-16(27)14-2-1-3-15(12-14)24-19(6-10-22-11-7-19)18-23-17(25-26-18)13-4-8-21-9-5-13;;/h1-5,8-9,12,22,24H,6-7,10-11H2,(H2,20,27)(H,23,25,26);2*1H. The number of nitrogens with one attached hydrogen (secondary N) is 3. The van der Waals surface area contributed by atoms with E-state index in [2.05, 4.69) is 25.8 Å². The maximum Gasteiger partial charge on any atom is 0.248 e. The summed E-state index contributed by atoms with van der Waals surface area (Å²) in [6.45, 7) is 1.71. The highest BCUT2D eigenvalue weighted by molar-refractivity contribution is 5.93. The van der Waals surface area contributed by atoms with Crippen molar-refractivity contribution in [2.24, 2.45) is 5.73 Å². The van der Waals surface area contributed by atoms with E-state index >= 15 is 0 Å². The minimum atomic E-state index is -0.447. The molecule has 0 saturated carbocycles. The summed E-state index contributed by atoms with van der Waals surface area (Å²) in [6.07, 6.45) is 5.11. The van der Waals surface area contributed by atoms with Gasteiger partial charge in [0, 0.05) is 29.2 Å². The molecule has 0 aliphatic carbocycles. The van der Waals surface area contributed by atoms with Crippen molar-refractivity contribution >= 4 is 36.4 Å². The number of halogens is 2. The lowest BCUT2D eigenvalue weighted by Crippen LogP contribution is -2.46. The molecule has 29 heavy (non-hydrogen) atoms. The predicted molar refractivity (Wildman–Crippen MR) is 116 cm³/mol. The molecule has 1 fully saturated rings. The summed E-state index contributed by atoms with van der Waals surface area (Å²) < 4.78 is 0. The van der Waals surface area contributed by atoms with Gasteiger partial charge in [-0.1, -0.05) is 6.07 Å². The molecule has 1 aromatic carbocycles. The fraction of sp³-hybridized carbons (Fsp3) is 0.263. The van der Waals surface area contributed by atoms with Crippen molar-refractivity contribution in [3.63, 3.8) is 0 Å². The number of carbonyl (C=O) groups excluding carboxylic acids is 1. The van der Waals surface area contributed by atoms with Crippen LogP contribution >= 0.6 is 24.8 Å². The van der Waals surface area contributed by atoms with Gasteiger partial charge in [-0.3, -0.25) is 14.9 Å². The van der Waals surface area contributed by atoms with Gasteiger partial charge in [-0.25, -0.2) is 4.98 Å². The van der Waals surface area contributed by atoms with Crippen LogP contribution in [0.3, 0.4) is 0 Å². The number of aromatic amines is 1. The van der Waals surface area contributed by atoms with Gasteiger partial charge in [0.25, 0.3) is 0 Å². The maximum atomic E-state index is 11.5. The lowest BCUT2D eigenvalue weighted by atomic mass is 9.87. The number of rotatable bonds is 5. The highest BCUT2D eigenvalue weighted by Gasteiger charge is 2.37. The van der Waals surface area contributed by atoms with E-state index in [0.717, 1.165) is 43.0 Å².